The molecule has 0 radical (unpaired) electrons. The number of fused-ring (bicyclic) bond motifs is 1. The number of benzene rings is 4. The standard InChI is InChI=1S/C27H19ClFN3O4S2/c28-21-15-24(37-16-17-6-2-1-3-7-17)25(14-20(21)26(33)30-19-12-10-18(29)11-13-19)38(34,35)32-27-31-22-8-4-5-9-23(22)36-27/h1-15H,16H2,(H,30,33)(H,31,32). The number of hydrogen-bond donors (Lipinski definition) is 2. The van der Waals surface area contributed by atoms with Crippen LogP contribution in [0.3, 0.4) is 0 Å². The van der Waals surface area contributed by atoms with Crippen LogP contribution in [0, 0.1) is 5.82 Å². The van der Waals surface area contributed by atoms with Gasteiger partial charge in [0.25, 0.3) is 15.9 Å². The number of carbonyl (C=O) groups is 1. The smallest absolute Gasteiger partial charge is 0.309 e. The normalized spacial score (nSPS) is 11.4. The Bertz CT molecular complexity index is 1690. The molecular formula is C27H19ClFN3O4S2. The highest BCUT2D eigenvalue weighted by atomic mass is 35.5. The van der Waals surface area contributed by atoms with Crippen LogP contribution in [0.15, 0.2) is 105 Å². The molecule has 1 amide bonds. The Morgan fingerprint density at radius 2 is 1.68 bits per heavy atom. The van der Waals surface area contributed by atoms with E-state index in [9.17, 15) is 17.6 Å². The van der Waals surface area contributed by atoms with Crippen molar-refractivity contribution in [3.63, 3.8) is 0 Å². The number of hydrogen-bond acceptors (Lipinski definition) is 6. The van der Waals surface area contributed by atoms with E-state index in [1.54, 1.807) is 24.3 Å². The fourth-order valence-electron chi connectivity index (χ4n) is 3.58. The number of thioether (sulfide) groups is 1. The number of carbonyl (C=O) groups excluding carboxylic acids is 1. The SMILES string of the molecule is O=C(Nc1ccc(F)cc1)c1cc(S(=O)(=O)Nc2nc3ccccc3o2)c(SCc2ccccc2)cc1Cl. The van der Waals surface area contributed by atoms with E-state index in [1.807, 2.05) is 30.3 Å². The van der Waals surface area contributed by atoms with Crippen LogP contribution in [-0.4, -0.2) is 19.3 Å². The number of aromatic nitrogens is 1. The number of rotatable bonds is 8. The van der Waals surface area contributed by atoms with Crippen LogP contribution in [0.4, 0.5) is 16.1 Å². The van der Waals surface area contributed by atoms with Crippen molar-refractivity contribution in [1.29, 1.82) is 0 Å². The largest absolute Gasteiger partial charge is 0.423 e. The highest BCUT2D eigenvalue weighted by Gasteiger charge is 2.26. The third-order valence-corrected chi connectivity index (χ3v) is 8.35. The number of nitrogens with one attached hydrogen (secondary N) is 2. The average Bonchev–Trinajstić information content (AvgIpc) is 3.30. The van der Waals surface area contributed by atoms with Gasteiger partial charge in [-0.1, -0.05) is 54.1 Å². The van der Waals surface area contributed by atoms with Crippen molar-refractivity contribution >= 4 is 62.1 Å². The van der Waals surface area contributed by atoms with E-state index < -0.39 is 21.7 Å². The Morgan fingerprint density at radius 1 is 0.974 bits per heavy atom. The van der Waals surface area contributed by atoms with Gasteiger partial charge in [0.15, 0.2) is 5.58 Å². The minimum atomic E-state index is -4.26. The molecule has 7 nitrogen and oxygen atoms in total. The van der Waals surface area contributed by atoms with Gasteiger partial charge in [0.05, 0.1) is 10.6 Å². The van der Waals surface area contributed by atoms with Gasteiger partial charge in [0, 0.05) is 16.3 Å². The first-order valence-electron chi connectivity index (χ1n) is 11.2. The van der Waals surface area contributed by atoms with Crippen LogP contribution >= 0.6 is 23.4 Å². The van der Waals surface area contributed by atoms with Crippen molar-refractivity contribution in [2.75, 3.05) is 10.0 Å². The van der Waals surface area contributed by atoms with Crippen LogP contribution in [-0.2, 0) is 15.8 Å². The summed E-state index contributed by atoms with van der Waals surface area (Å²) in [5.74, 6) is -0.650. The maximum atomic E-state index is 13.6. The third-order valence-electron chi connectivity index (χ3n) is 5.42. The molecule has 0 saturated carbocycles. The minimum absolute atomic E-state index is 0.0565. The van der Waals surface area contributed by atoms with E-state index in [0.717, 1.165) is 5.56 Å². The number of para-hydroxylation sites is 2. The van der Waals surface area contributed by atoms with E-state index in [-0.39, 0.29) is 21.5 Å². The summed E-state index contributed by atoms with van der Waals surface area (Å²) >= 11 is 7.71. The Balaban J connectivity index is 1.51. The number of amides is 1. The van der Waals surface area contributed by atoms with Crippen LogP contribution in [0.2, 0.25) is 5.02 Å². The Labute approximate surface area is 227 Å². The molecule has 0 fully saturated rings. The first kappa shape index (κ1) is 25.8. The van der Waals surface area contributed by atoms with Crippen molar-refractivity contribution in [3.8, 4) is 0 Å². The van der Waals surface area contributed by atoms with Gasteiger partial charge in [-0.05, 0) is 54.1 Å². The number of nitrogens with zero attached hydrogens (tertiary/aromatic N) is 1. The predicted molar refractivity (Wildman–Crippen MR) is 147 cm³/mol. The minimum Gasteiger partial charge on any atom is -0.423 e. The molecular weight excluding hydrogens is 549 g/mol. The van der Waals surface area contributed by atoms with Crippen molar-refractivity contribution in [1.82, 2.24) is 4.98 Å². The number of anilines is 2. The van der Waals surface area contributed by atoms with Gasteiger partial charge in [-0.3, -0.25) is 4.79 Å². The fourth-order valence-corrected chi connectivity index (χ4v) is 6.35. The summed E-state index contributed by atoms with van der Waals surface area (Å²) in [6, 6.07) is 24.0. The summed E-state index contributed by atoms with van der Waals surface area (Å²) in [4.78, 5) is 17.4. The lowest BCUT2D eigenvalue weighted by atomic mass is 10.2. The summed E-state index contributed by atoms with van der Waals surface area (Å²) in [5, 5.41) is 2.66. The second-order valence-corrected chi connectivity index (χ2v) is 11.2. The maximum absolute atomic E-state index is 13.6. The van der Waals surface area contributed by atoms with Gasteiger partial charge in [0.2, 0.25) is 0 Å². The second-order valence-electron chi connectivity index (χ2n) is 8.11. The molecule has 4 aromatic carbocycles. The molecule has 0 unspecified atom stereocenters. The van der Waals surface area contributed by atoms with Crippen LogP contribution in [0.5, 0.6) is 0 Å². The first-order valence-corrected chi connectivity index (χ1v) is 14.1. The highest BCUT2D eigenvalue weighted by Crippen LogP contribution is 2.35. The lowest BCUT2D eigenvalue weighted by Gasteiger charge is -2.14. The molecule has 0 saturated heterocycles. The van der Waals surface area contributed by atoms with Crippen LogP contribution in [0.1, 0.15) is 15.9 Å². The zero-order chi connectivity index (χ0) is 26.7. The van der Waals surface area contributed by atoms with E-state index in [4.69, 9.17) is 16.0 Å². The molecule has 5 rings (SSSR count). The molecule has 1 aromatic heterocycles. The molecule has 0 spiro atoms. The molecule has 0 atom stereocenters. The molecule has 0 aliphatic heterocycles. The predicted octanol–water partition coefficient (Wildman–Crippen LogP) is 6.97. The van der Waals surface area contributed by atoms with Crippen LogP contribution < -0.4 is 10.0 Å². The Kier molecular flexibility index (Phi) is 7.37. The van der Waals surface area contributed by atoms with Crippen molar-refractivity contribution < 1.29 is 22.0 Å². The number of sulfonamides is 1. The zero-order valence-corrected chi connectivity index (χ0v) is 21.9. The molecule has 11 heteroatoms. The average molecular weight is 568 g/mol. The van der Waals surface area contributed by atoms with E-state index >= 15 is 0 Å². The van der Waals surface area contributed by atoms with Crippen molar-refractivity contribution in [2.45, 2.75) is 15.5 Å². The summed E-state index contributed by atoms with van der Waals surface area (Å²) in [6.07, 6.45) is 0. The summed E-state index contributed by atoms with van der Waals surface area (Å²) in [7, 11) is -4.26. The van der Waals surface area contributed by atoms with E-state index in [2.05, 4.69) is 15.0 Å². The highest BCUT2D eigenvalue weighted by molar-refractivity contribution is 7.99. The van der Waals surface area contributed by atoms with Crippen molar-refractivity contribution in [3.05, 3.63) is 113 Å². The maximum Gasteiger partial charge on any atom is 0.309 e. The molecule has 1 heterocycles. The quantitative estimate of drug-likeness (QED) is 0.196. The molecule has 0 aliphatic carbocycles. The number of oxazole rings is 1. The number of halogens is 2. The third kappa shape index (κ3) is 5.83. The van der Waals surface area contributed by atoms with Gasteiger partial charge in [-0.25, -0.2) is 17.5 Å². The zero-order valence-electron chi connectivity index (χ0n) is 19.5. The van der Waals surface area contributed by atoms with Gasteiger partial charge >= 0.3 is 6.01 Å². The molecule has 0 bridgehead atoms. The monoisotopic (exact) mass is 567 g/mol. The summed E-state index contributed by atoms with van der Waals surface area (Å²) < 4.78 is 48.3. The topological polar surface area (TPSA) is 101 Å². The lowest BCUT2D eigenvalue weighted by Crippen LogP contribution is -2.17. The van der Waals surface area contributed by atoms with Gasteiger partial charge < -0.3 is 9.73 Å². The van der Waals surface area contributed by atoms with Gasteiger partial charge in [-0.15, -0.1) is 11.8 Å². The lowest BCUT2D eigenvalue weighted by molar-refractivity contribution is 0.102. The summed E-state index contributed by atoms with van der Waals surface area (Å²) in [5.41, 5.74) is 2.13. The molecule has 0 aliphatic rings. The molecule has 2 N–H and O–H groups in total. The van der Waals surface area contributed by atoms with E-state index in [1.165, 1.54) is 48.2 Å². The van der Waals surface area contributed by atoms with E-state index in [0.29, 0.717) is 27.4 Å². The van der Waals surface area contributed by atoms with Crippen LogP contribution in [0.25, 0.3) is 11.1 Å². The van der Waals surface area contributed by atoms with Crippen molar-refractivity contribution in [2.24, 2.45) is 0 Å². The molecule has 38 heavy (non-hydrogen) atoms. The Hall–Kier alpha value is -3.86. The molecule has 192 valence electrons. The fraction of sp³-hybridized carbons (Fsp3) is 0.0370. The second kappa shape index (κ2) is 10.9. The first-order chi connectivity index (χ1) is 18.3. The summed E-state index contributed by atoms with van der Waals surface area (Å²) in [6.45, 7) is 0. The van der Waals surface area contributed by atoms with Gasteiger partial charge in [0.1, 0.15) is 16.2 Å². The molecule has 5 aromatic rings. The van der Waals surface area contributed by atoms with Gasteiger partial charge in [-0.2, -0.15) is 4.98 Å². The Morgan fingerprint density at radius 3 is 2.42 bits per heavy atom.